The van der Waals surface area contributed by atoms with Gasteiger partial charge in [0.2, 0.25) is 0 Å². The lowest BCUT2D eigenvalue weighted by Gasteiger charge is -2.31. The van der Waals surface area contributed by atoms with Crippen LogP contribution in [0.25, 0.3) is 0 Å². The van der Waals surface area contributed by atoms with Crippen molar-refractivity contribution in [3.05, 3.63) is 29.3 Å². The molecule has 0 N–H and O–H groups in total. The molecule has 0 aromatic heterocycles. The van der Waals surface area contributed by atoms with E-state index in [-0.39, 0.29) is 25.0 Å². The summed E-state index contributed by atoms with van der Waals surface area (Å²) in [5.41, 5.74) is 0.744. The van der Waals surface area contributed by atoms with E-state index in [1.165, 1.54) is 0 Å². The summed E-state index contributed by atoms with van der Waals surface area (Å²) in [6, 6.07) is 9.14. The monoisotopic (exact) mass is 250 g/mol. The number of rotatable bonds is 2. The highest BCUT2D eigenvalue weighted by atomic mass is 35.5. The van der Waals surface area contributed by atoms with Crippen molar-refractivity contribution in [3.63, 3.8) is 0 Å². The molecule has 0 spiro atoms. The summed E-state index contributed by atoms with van der Waals surface area (Å²) in [5, 5.41) is 9.21. The number of hydrogen-bond donors (Lipinski definition) is 0. The number of ether oxygens (including phenoxy) is 1. The van der Waals surface area contributed by atoms with Crippen molar-refractivity contribution in [2.75, 3.05) is 18.1 Å². The maximum atomic E-state index is 11.7. The standard InChI is InChI=1S/C12H11ClN2O2/c13-9-2-1-3-10(6-9)15-7-11(4-5-14)17-8-12(15)16/h1-3,6,11H,4,7-8H2. The van der Waals surface area contributed by atoms with E-state index >= 15 is 0 Å². The molecule has 1 heterocycles. The Morgan fingerprint density at radius 1 is 1.59 bits per heavy atom. The van der Waals surface area contributed by atoms with E-state index in [1.54, 1.807) is 23.1 Å². The maximum Gasteiger partial charge on any atom is 0.253 e. The summed E-state index contributed by atoms with van der Waals surface area (Å²) in [4.78, 5) is 13.3. The molecule has 1 aliphatic rings. The quantitative estimate of drug-likeness (QED) is 0.807. The van der Waals surface area contributed by atoms with Crippen LogP contribution in [0.4, 0.5) is 5.69 Å². The second-order valence-electron chi connectivity index (χ2n) is 3.78. The van der Waals surface area contributed by atoms with Gasteiger partial charge < -0.3 is 9.64 Å². The van der Waals surface area contributed by atoms with Gasteiger partial charge in [0.1, 0.15) is 6.61 Å². The van der Waals surface area contributed by atoms with Crippen LogP contribution in [0.3, 0.4) is 0 Å². The number of nitrogens with zero attached hydrogens (tertiary/aromatic N) is 2. The molecule has 1 aliphatic heterocycles. The third-order valence-corrected chi connectivity index (χ3v) is 2.80. The van der Waals surface area contributed by atoms with Crippen LogP contribution in [0.15, 0.2) is 24.3 Å². The summed E-state index contributed by atoms with van der Waals surface area (Å²) in [5.74, 6) is -0.110. The van der Waals surface area contributed by atoms with Crippen molar-refractivity contribution in [2.24, 2.45) is 0 Å². The van der Waals surface area contributed by atoms with Gasteiger partial charge in [-0.05, 0) is 18.2 Å². The zero-order valence-electron chi connectivity index (χ0n) is 9.10. The third kappa shape index (κ3) is 2.76. The molecule has 1 fully saturated rings. The van der Waals surface area contributed by atoms with Crippen LogP contribution in [0.1, 0.15) is 6.42 Å². The van der Waals surface area contributed by atoms with Gasteiger partial charge in [0, 0.05) is 10.7 Å². The van der Waals surface area contributed by atoms with E-state index in [4.69, 9.17) is 21.6 Å². The van der Waals surface area contributed by atoms with Crippen molar-refractivity contribution in [1.29, 1.82) is 5.26 Å². The molecule has 1 saturated heterocycles. The number of morpholine rings is 1. The van der Waals surface area contributed by atoms with Crippen molar-refractivity contribution >= 4 is 23.2 Å². The van der Waals surface area contributed by atoms with Gasteiger partial charge in [0.25, 0.3) is 5.91 Å². The summed E-state index contributed by atoms with van der Waals surface area (Å²) in [6.07, 6.45) is 0.0568. The van der Waals surface area contributed by atoms with E-state index in [0.717, 1.165) is 5.69 Å². The van der Waals surface area contributed by atoms with Crippen molar-refractivity contribution in [1.82, 2.24) is 0 Å². The fraction of sp³-hybridized carbons (Fsp3) is 0.333. The van der Waals surface area contributed by atoms with Gasteiger partial charge in [-0.2, -0.15) is 5.26 Å². The van der Waals surface area contributed by atoms with Crippen LogP contribution in [0.2, 0.25) is 5.02 Å². The average molecular weight is 251 g/mol. The molecule has 5 heteroatoms. The van der Waals surface area contributed by atoms with E-state index in [1.807, 2.05) is 12.1 Å². The first-order chi connectivity index (χ1) is 8.20. The van der Waals surface area contributed by atoms with Gasteiger partial charge in [0.05, 0.1) is 25.1 Å². The second kappa shape index (κ2) is 5.17. The van der Waals surface area contributed by atoms with E-state index < -0.39 is 0 Å². The van der Waals surface area contributed by atoms with E-state index in [2.05, 4.69) is 0 Å². The highest BCUT2D eigenvalue weighted by Gasteiger charge is 2.27. The molecule has 1 aromatic carbocycles. The van der Waals surface area contributed by atoms with Crippen LogP contribution in [-0.4, -0.2) is 25.2 Å². The van der Waals surface area contributed by atoms with Crippen LogP contribution >= 0.6 is 11.6 Å². The second-order valence-corrected chi connectivity index (χ2v) is 4.22. The normalized spacial score (nSPS) is 20.1. The molecule has 1 unspecified atom stereocenters. The number of carbonyl (C=O) groups is 1. The lowest BCUT2D eigenvalue weighted by atomic mass is 10.2. The molecule has 17 heavy (non-hydrogen) atoms. The molecule has 88 valence electrons. The predicted octanol–water partition coefficient (Wildman–Crippen LogP) is 1.99. The van der Waals surface area contributed by atoms with Crippen molar-refractivity contribution in [2.45, 2.75) is 12.5 Å². The van der Waals surface area contributed by atoms with Crippen LogP contribution in [0, 0.1) is 11.3 Å². The molecule has 0 aliphatic carbocycles. The Morgan fingerprint density at radius 3 is 3.12 bits per heavy atom. The van der Waals surface area contributed by atoms with Crippen molar-refractivity contribution in [3.8, 4) is 6.07 Å². The Labute approximate surface area is 104 Å². The highest BCUT2D eigenvalue weighted by molar-refractivity contribution is 6.30. The van der Waals surface area contributed by atoms with Crippen molar-refractivity contribution < 1.29 is 9.53 Å². The Morgan fingerprint density at radius 2 is 2.41 bits per heavy atom. The summed E-state index contributed by atoms with van der Waals surface area (Å²) in [6.45, 7) is 0.408. The molecule has 4 nitrogen and oxygen atoms in total. The number of hydrogen-bond acceptors (Lipinski definition) is 3. The fourth-order valence-electron chi connectivity index (χ4n) is 1.74. The van der Waals surface area contributed by atoms with Crippen LogP contribution < -0.4 is 4.90 Å². The number of nitriles is 1. The molecule has 2 rings (SSSR count). The fourth-order valence-corrected chi connectivity index (χ4v) is 1.93. The number of benzene rings is 1. The van der Waals surface area contributed by atoms with E-state index in [9.17, 15) is 4.79 Å². The van der Waals surface area contributed by atoms with Crippen LogP contribution in [0.5, 0.6) is 0 Å². The topological polar surface area (TPSA) is 53.3 Å². The Hall–Kier alpha value is -1.57. The molecule has 0 radical (unpaired) electrons. The van der Waals surface area contributed by atoms with Gasteiger partial charge in [0.15, 0.2) is 0 Å². The first kappa shape index (κ1) is 11.9. The lowest BCUT2D eigenvalue weighted by molar-refractivity contribution is -0.129. The molecule has 1 amide bonds. The minimum absolute atomic E-state index is 0.0128. The summed E-state index contributed by atoms with van der Waals surface area (Å²) in [7, 11) is 0. The first-order valence-electron chi connectivity index (χ1n) is 5.25. The first-order valence-corrected chi connectivity index (χ1v) is 5.63. The molecular formula is C12H11ClN2O2. The minimum Gasteiger partial charge on any atom is -0.365 e. The predicted molar refractivity (Wildman–Crippen MR) is 63.8 cm³/mol. The van der Waals surface area contributed by atoms with Gasteiger partial charge >= 0.3 is 0 Å². The smallest absolute Gasteiger partial charge is 0.253 e. The van der Waals surface area contributed by atoms with Gasteiger partial charge in [-0.15, -0.1) is 0 Å². The largest absolute Gasteiger partial charge is 0.365 e. The Bertz CT molecular complexity index is 470. The maximum absolute atomic E-state index is 11.7. The molecule has 0 saturated carbocycles. The number of carbonyl (C=O) groups excluding carboxylic acids is 1. The molecular weight excluding hydrogens is 240 g/mol. The van der Waals surface area contributed by atoms with Gasteiger partial charge in [-0.1, -0.05) is 17.7 Å². The average Bonchev–Trinajstić information content (AvgIpc) is 2.32. The number of amides is 1. The molecule has 1 aromatic rings. The minimum atomic E-state index is -0.225. The Kier molecular flexibility index (Phi) is 3.62. The third-order valence-electron chi connectivity index (χ3n) is 2.57. The van der Waals surface area contributed by atoms with E-state index in [0.29, 0.717) is 11.6 Å². The summed E-state index contributed by atoms with van der Waals surface area (Å²) < 4.78 is 5.27. The summed E-state index contributed by atoms with van der Waals surface area (Å²) >= 11 is 5.89. The highest BCUT2D eigenvalue weighted by Crippen LogP contribution is 2.22. The lowest BCUT2D eigenvalue weighted by Crippen LogP contribution is -2.46. The van der Waals surface area contributed by atoms with Crippen LogP contribution in [-0.2, 0) is 9.53 Å². The zero-order chi connectivity index (χ0) is 12.3. The Balaban J connectivity index is 2.18. The molecule has 1 atom stereocenters. The van der Waals surface area contributed by atoms with Gasteiger partial charge in [-0.3, -0.25) is 4.79 Å². The molecule has 0 bridgehead atoms. The SMILES string of the molecule is N#CCC1CN(c2cccc(Cl)c2)C(=O)CO1. The van der Waals surface area contributed by atoms with Gasteiger partial charge in [-0.25, -0.2) is 0 Å². The number of anilines is 1. The number of halogens is 1. The zero-order valence-corrected chi connectivity index (χ0v) is 9.85.